The van der Waals surface area contributed by atoms with Crippen LogP contribution < -0.4 is 10.2 Å². The largest absolute Gasteiger partial charge is 0.378 e. The molecule has 0 aromatic heterocycles. The molecule has 0 radical (unpaired) electrons. The first-order chi connectivity index (χ1) is 30.7. The molecule has 8 aromatic rings. The molecule has 2 unspecified atom stereocenters. The molecule has 2 atom stereocenters. The second-order valence-corrected chi connectivity index (χ2v) is 16.1. The van der Waals surface area contributed by atoms with E-state index in [9.17, 15) is 0 Å². The van der Waals surface area contributed by atoms with Crippen LogP contribution in [0.25, 0.3) is 44.5 Å². The topological polar surface area (TPSA) is 15.3 Å². The van der Waals surface area contributed by atoms with Gasteiger partial charge in [0.1, 0.15) is 0 Å². The highest BCUT2D eigenvalue weighted by Gasteiger charge is 2.24. The van der Waals surface area contributed by atoms with Gasteiger partial charge in [-0.1, -0.05) is 200 Å². The summed E-state index contributed by atoms with van der Waals surface area (Å²) in [4.78, 5) is 2.34. The lowest BCUT2D eigenvalue weighted by Crippen LogP contribution is -2.26. The Morgan fingerprint density at radius 3 is 1.26 bits per heavy atom. The minimum absolute atomic E-state index is 0.0988. The summed E-state index contributed by atoms with van der Waals surface area (Å²) < 4.78 is 0. The van der Waals surface area contributed by atoms with Crippen LogP contribution in [-0.4, -0.2) is 6.04 Å². The zero-order valence-corrected chi connectivity index (χ0v) is 34.7. The summed E-state index contributed by atoms with van der Waals surface area (Å²) in [7, 11) is 0. The molecule has 0 amide bonds. The van der Waals surface area contributed by atoms with Gasteiger partial charge in [0.05, 0.1) is 6.04 Å². The van der Waals surface area contributed by atoms with Gasteiger partial charge < -0.3 is 10.2 Å². The summed E-state index contributed by atoms with van der Waals surface area (Å²) >= 11 is 0. The Kier molecular flexibility index (Phi) is 11.1. The van der Waals surface area contributed by atoms with Gasteiger partial charge in [0.15, 0.2) is 0 Å². The second-order valence-electron chi connectivity index (χ2n) is 16.1. The van der Waals surface area contributed by atoms with E-state index in [1.807, 2.05) is 0 Å². The van der Waals surface area contributed by atoms with Crippen molar-refractivity contribution in [2.24, 2.45) is 0 Å². The van der Waals surface area contributed by atoms with Crippen molar-refractivity contribution in [1.29, 1.82) is 0 Å². The van der Waals surface area contributed by atoms with Gasteiger partial charge in [-0.2, -0.15) is 0 Å². The molecule has 0 spiro atoms. The predicted octanol–water partition coefficient (Wildman–Crippen LogP) is 16.1. The molecule has 62 heavy (non-hydrogen) atoms. The van der Waals surface area contributed by atoms with E-state index in [4.69, 9.17) is 0 Å². The normalized spacial score (nSPS) is 15.7. The van der Waals surface area contributed by atoms with Crippen LogP contribution in [0.3, 0.4) is 0 Å². The number of allylic oxidation sites excluding steroid dienone is 6. The maximum Gasteiger partial charge on any atom is 0.0551 e. The van der Waals surface area contributed by atoms with E-state index in [0.717, 1.165) is 35.6 Å². The van der Waals surface area contributed by atoms with E-state index in [1.165, 1.54) is 61.2 Å². The summed E-state index contributed by atoms with van der Waals surface area (Å²) in [5.41, 5.74) is 18.0. The average Bonchev–Trinajstić information content (AvgIpc) is 3.36. The van der Waals surface area contributed by atoms with Crippen LogP contribution in [0.2, 0.25) is 0 Å². The number of nitrogens with one attached hydrogen (secondary N) is 1. The van der Waals surface area contributed by atoms with Crippen molar-refractivity contribution in [1.82, 2.24) is 0 Å². The molecule has 2 nitrogen and oxygen atoms in total. The van der Waals surface area contributed by atoms with E-state index in [-0.39, 0.29) is 12.0 Å². The van der Waals surface area contributed by atoms with Gasteiger partial charge in [-0.05, 0) is 123 Å². The van der Waals surface area contributed by atoms with Crippen LogP contribution in [0.4, 0.5) is 22.7 Å². The standard InChI is InChI=1S/C60H48N2/c1-5-13-44(14-6-1)48-21-23-53(24-22-48)59-43-54(47-19-11-4-12-20-47)33-42-60(59)61-55-34-25-49(26-35-55)52-31-40-58(41-32-52)62(56-36-27-50(28-37-56)45-15-7-2-8-16-45)57-38-29-51(30-39-57)46-17-9-3-10-18-46/h2-5,7-43,59-61H,1,6H2. The van der Waals surface area contributed by atoms with Crippen LogP contribution in [-0.2, 0) is 0 Å². The van der Waals surface area contributed by atoms with Crippen molar-refractivity contribution in [2.45, 2.75) is 24.8 Å². The summed E-state index contributed by atoms with van der Waals surface area (Å²) in [6.45, 7) is 0. The average molecular weight is 797 g/mol. The van der Waals surface area contributed by atoms with E-state index in [2.05, 4.69) is 259 Å². The van der Waals surface area contributed by atoms with Crippen molar-refractivity contribution in [3.63, 3.8) is 0 Å². The molecule has 2 aliphatic carbocycles. The number of benzene rings is 8. The lowest BCUT2D eigenvalue weighted by atomic mass is 9.83. The summed E-state index contributed by atoms with van der Waals surface area (Å²) in [6, 6.07) is 76.7. The van der Waals surface area contributed by atoms with Crippen LogP contribution >= 0.6 is 0 Å². The van der Waals surface area contributed by atoms with Gasteiger partial charge in [0, 0.05) is 28.7 Å². The van der Waals surface area contributed by atoms with Crippen molar-refractivity contribution >= 4 is 33.9 Å². The Hall–Kier alpha value is -7.68. The lowest BCUT2D eigenvalue weighted by molar-refractivity contribution is 0.758. The molecule has 0 heterocycles. The first-order valence-corrected chi connectivity index (χ1v) is 21.7. The van der Waals surface area contributed by atoms with Gasteiger partial charge in [-0.25, -0.2) is 0 Å². The second kappa shape index (κ2) is 17.9. The molecule has 2 aliphatic rings. The van der Waals surface area contributed by atoms with E-state index >= 15 is 0 Å². The molecule has 8 aromatic carbocycles. The fourth-order valence-electron chi connectivity index (χ4n) is 8.74. The van der Waals surface area contributed by atoms with E-state index in [1.54, 1.807) is 0 Å². The van der Waals surface area contributed by atoms with Crippen molar-refractivity contribution in [3.05, 3.63) is 265 Å². The number of nitrogens with zero attached hydrogens (tertiary/aromatic N) is 1. The Bertz CT molecular complexity index is 2770. The molecule has 1 N–H and O–H groups in total. The highest BCUT2D eigenvalue weighted by molar-refractivity contribution is 5.82. The predicted molar refractivity (Wildman–Crippen MR) is 264 cm³/mol. The van der Waals surface area contributed by atoms with Gasteiger partial charge in [-0.15, -0.1) is 0 Å². The van der Waals surface area contributed by atoms with E-state index in [0.29, 0.717) is 0 Å². The summed E-state index contributed by atoms with van der Waals surface area (Å²) in [5, 5.41) is 3.89. The first-order valence-electron chi connectivity index (χ1n) is 21.7. The molecule has 0 fully saturated rings. The van der Waals surface area contributed by atoms with Gasteiger partial charge in [0.2, 0.25) is 0 Å². The third-order valence-corrected chi connectivity index (χ3v) is 12.1. The molecule has 298 valence electrons. The zero-order valence-electron chi connectivity index (χ0n) is 34.7. The molecular formula is C60H48N2. The highest BCUT2D eigenvalue weighted by Crippen LogP contribution is 2.39. The van der Waals surface area contributed by atoms with Crippen LogP contribution in [0.5, 0.6) is 0 Å². The quantitative estimate of drug-likeness (QED) is 0.140. The minimum atomic E-state index is 0.0988. The summed E-state index contributed by atoms with van der Waals surface area (Å²) in [6.07, 6.45) is 16.1. The van der Waals surface area contributed by atoms with Crippen LogP contribution in [0.1, 0.15) is 35.4 Å². The molecular weight excluding hydrogens is 749 g/mol. The fourth-order valence-corrected chi connectivity index (χ4v) is 8.74. The third kappa shape index (κ3) is 8.50. The molecule has 0 bridgehead atoms. The molecule has 0 saturated carbocycles. The van der Waals surface area contributed by atoms with E-state index < -0.39 is 0 Å². The maximum atomic E-state index is 3.89. The van der Waals surface area contributed by atoms with Crippen LogP contribution in [0, 0.1) is 0 Å². The van der Waals surface area contributed by atoms with Crippen LogP contribution in [0.15, 0.2) is 249 Å². The third-order valence-electron chi connectivity index (χ3n) is 12.1. The van der Waals surface area contributed by atoms with Crippen molar-refractivity contribution < 1.29 is 0 Å². The lowest BCUT2D eigenvalue weighted by Gasteiger charge is -2.29. The number of hydrogen-bond donors (Lipinski definition) is 1. The molecule has 10 rings (SSSR count). The fraction of sp³-hybridized carbons (Fsp3) is 0.0667. The SMILES string of the molecule is C1=CC(c2ccc(C3C=C(c4ccccc4)C=CC3Nc3ccc(-c4ccc(N(c5ccc(-c6ccccc6)cc5)c5ccc(-c6ccccc6)cc5)cc4)cc3)cc2)=CCC1. The number of rotatable bonds is 11. The van der Waals surface area contributed by atoms with Crippen molar-refractivity contribution in [2.75, 3.05) is 10.2 Å². The summed E-state index contributed by atoms with van der Waals surface area (Å²) in [5.74, 6) is 0.166. The number of hydrogen-bond acceptors (Lipinski definition) is 2. The van der Waals surface area contributed by atoms with Gasteiger partial charge in [0.25, 0.3) is 0 Å². The minimum Gasteiger partial charge on any atom is -0.378 e. The highest BCUT2D eigenvalue weighted by atomic mass is 15.1. The Morgan fingerprint density at radius 2 is 0.790 bits per heavy atom. The Balaban J connectivity index is 0.898. The molecule has 0 aliphatic heterocycles. The van der Waals surface area contributed by atoms with Gasteiger partial charge in [-0.3, -0.25) is 0 Å². The molecule has 0 saturated heterocycles. The Morgan fingerprint density at radius 1 is 0.371 bits per heavy atom. The first kappa shape index (κ1) is 38.5. The van der Waals surface area contributed by atoms with Gasteiger partial charge >= 0.3 is 0 Å². The number of anilines is 4. The smallest absolute Gasteiger partial charge is 0.0551 e. The maximum absolute atomic E-state index is 3.89. The Labute approximate surface area is 366 Å². The zero-order chi connectivity index (χ0) is 41.5. The monoisotopic (exact) mass is 796 g/mol. The van der Waals surface area contributed by atoms with Crippen molar-refractivity contribution in [3.8, 4) is 33.4 Å². The molecule has 2 heteroatoms.